The third-order valence-electron chi connectivity index (χ3n) is 5.59. The van der Waals surface area contributed by atoms with Crippen molar-refractivity contribution >= 4 is 22.8 Å². The van der Waals surface area contributed by atoms with Crippen molar-refractivity contribution in [3.8, 4) is 5.75 Å². The average Bonchev–Trinajstić information content (AvgIpc) is 3.09. The van der Waals surface area contributed by atoms with Crippen LogP contribution in [0.1, 0.15) is 10.5 Å². The molecule has 8 nitrogen and oxygen atoms in total. The van der Waals surface area contributed by atoms with Crippen LogP contribution in [0.2, 0.25) is 0 Å². The summed E-state index contributed by atoms with van der Waals surface area (Å²) in [6, 6.07) is 7.75. The van der Waals surface area contributed by atoms with Gasteiger partial charge in [-0.25, -0.2) is 4.79 Å². The molecule has 1 aromatic carbocycles. The second-order valence-corrected chi connectivity index (χ2v) is 7.17. The second-order valence-electron chi connectivity index (χ2n) is 7.17. The minimum Gasteiger partial charge on any atom is -0.497 e. The number of benzene rings is 1. The summed E-state index contributed by atoms with van der Waals surface area (Å²) in [7, 11) is 3.54. The third-order valence-corrected chi connectivity index (χ3v) is 5.59. The highest BCUT2D eigenvalue weighted by molar-refractivity contribution is 5.99. The third kappa shape index (κ3) is 3.40. The number of morpholine rings is 1. The van der Waals surface area contributed by atoms with E-state index in [1.54, 1.807) is 7.11 Å². The van der Waals surface area contributed by atoms with E-state index in [-0.39, 0.29) is 11.9 Å². The Morgan fingerprint density at radius 3 is 2.25 bits per heavy atom. The second kappa shape index (κ2) is 7.71. The lowest BCUT2D eigenvalue weighted by atomic mass is 10.2. The van der Waals surface area contributed by atoms with E-state index in [9.17, 15) is 9.59 Å². The summed E-state index contributed by atoms with van der Waals surface area (Å²) in [5.74, 6) is 0.767. The van der Waals surface area contributed by atoms with Crippen molar-refractivity contribution in [2.75, 3.05) is 59.6 Å². The summed E-state index contributed by atoms with van der Waals surface area (Å²) in [6.45, 7) is 4.65. The van der Waals surface area contributed by atoms with Crippen molar-refractivity contribution in [3.63, 3.8) is 0 Å². The molecule has 0 N–H and O–H groups in total. The number of amides is 3. The number of carbonyl (C=O) groups excluding carboxylic acids is 2. The molecule has 8 heteroatoms. The highest BCUT2D eigenvalue weighted by Gasteiger charge is 2.29. The van der Waals surface area contributed by atoms with E-state index in [1.165, 1.54) is 0 Å². The number of fused-ring (bicyclic) bond motifs is 1. The van der Waals surface area contributed by atoms with Crippen molar-refractivity contribution in [1.82, 2.24) is 19.3 Å². The normalized spacial score (nSPS) is 17.9. The summed E-state index contributed by atoms with van der Waals surface area (Å²) < 4.78 is 12.5. The Labute approximate surface area is 164 Å². The minimum atomic E-state index is -0.00358. The number of carbonyl (C=O) groups is 2. The van der Waals surface area contributed by atoms with Gasteiger partial charge in [-0.05, 0) is 24.3 Å². The maximum absolute atomic E-state index is 13.1. The van der Waals surface area contributed by atoms with Crippen LogP contribution in [0.15, 0.2) is 24.3 Å². The molecule has 0 saturated carbocycles. The molecule has 2 aliphatic rings. The Bertz CT molecular complexity index is 880. The number of methoxy groups -OCH3 is 1. The van der Waals surface area contributed by atoms with Gasteiger partial charge in [0.2, 0.25) is 0 Å². The number of nitrogens with zero attached hydrogens (tertiary/aromatic N) is 4. The molecular weight excluding hydrogens is 360 g/mol. The molecule has 28 heavy (non-hydrogen) atoms. The number of hydrogen-bond donors (Lipinski definition) is 0. The Balaban J connectivity index is 1.43. The SMILES string of the molecule is COc1ccc2c(c1)cc(C(=O)N1CCN(C(=O)N3CCOCC3)CC1)n2C. The molecule has 0 atom stereocenters. The van der Waals surface area contributed by atoms with Crippen LogP contribution in [0.3, 0.4) is 0 Å². The standard InChI is InChI=1S/C20H26N4O4/c1-21-17-4-3-16(27-2)13-15(17)14-18(21)19(25)22-5-7-23(8-6-22)20(26)24-9-11-28-12-10-24/h3-4,13-14H,5-12H2,1-2H3. The predicted molar refractivity (Wildman–Crippen MR) is 105 cm³/mol. The fraction of sp³-hybridized carbons (Fsp3) is 0.500. The molecule has 4 rings (SSSR count). The fourth-order valence-electron chi connectivity index (χ4n) is 3.88. The van der Waals surface area contributed by atoms with Gasteiger partial charge >= 0.3 is 6.03 Å². The number of rotatable bonds is 2. The van der Waals surface area contributed by atoms with E-state index in [1.807, 2.05) is 50.6 Å². The zero-order chi connectivity index (χ0) is 19.7. The van der Waals surface area contributed by atoms with E-state index in [2.05, 4.69) is 0 Å². The zero-order valence-electron chi connectivity index (χ0n) is 16.4. The van der Waals surface area contributed by atoms with Crippen LogP contribution in [0.4, 0.5) is 4.79 Å². The molecule has 0 spiro atoms. The van der Waals surface area contributed by atoms with Crippen LogP contribution in [0, 0.1) is 0 Å². The van der Waals surface area contributed by atoms with Gasteiger partial charge < -0.3 is 28.7 Å². The van der Waals surface area contributed by atoms with E-state index < -0.39 is 0 Å². The minimum absolute atomic E-state index is 0.00358. The molecule has 2 fully saturated rings. The first kappa shape index (κ1) is 18.6. The molecule has 2 saturated heterocycles. The largest absolute Gasteiger partial charge is 0.497 e. The number of aromatic nitrogens is 1. The Kier molecular flexibility index (Phi) is 5.13. The summed E-state index contributed by atoms with van der Waals surface area (Å²) in [4.78, 5) is 31.2. The predicted octanol–water partition coefficient (Wildman–Crippen LogP) is 1.40. The topological polar surface area (TPSA) is 67.2 Å². The molecule has 0 bridgehead atoms. The smallest absolute Gasteiger partial charge is 0.320 e. The van der Waals surface area contributed by atoms with E-state index in [0.29, 0.717) is 58.2 Å². The number of hydrogen-bond acceptors (Lipinski definition) is 4. The lowest BCUT2D eigenvalue weighted by molar-refractivity contribution is 0.0361. The monoisotopic (exact) mass is 386 g/mol. The molecule has 3 heterocycles. The van der Waals surface area contributed by atoms with Gasteiger partial charge in [0.25, 0.3) is 5.91 Å². The number of ether oxygens (including phenoxy) is 2. The van der Waals surface area contributed by atoms with Crippen LogP contribution in [0.25, 0.3) is 10.9 Å². The number of urea groups is 1. The summed E-state index contributed by atoms with van der Waals surface area (Å²) >= 11 is 0. The maximum Gasteiger partial charge on any atom is 0.320 e. The van der Waals surface area contributed by atoms with E-state index in [0.717, 1.165) is 16.7 Å². The van der Waals surface area contributed by atoms with E-state index >= 15 is 0 Å². The van der Waals surface area contributed by atoms with Gasteiger partial charge in [0.05, 0.1) is 20.3 Å². The van der Waals surface area contributed by atoms with Crippen LogP contribution < -0.4 is 4.74 Å². The van der Waals surface area contributed by atoms with Gasteiger partial charge in [-0.15, -0.1) is 0 Å². The van der Waals surface area contributed by atoms with E-state index in [4.69, 9.17) is 9.47 Å². The summed E-state index contributed by atoms with van der Waals surface area (Å²) in [5, 5.41) is 0.978. The Morgan fingerprint density at radius 2 is 1.57 bits per heavy atom. The van der Waals surface area contributed by atoms with Crippen LogP contribution in [0.5, 0.6) is 5.75 Å². The number of aryl methyl sites for hydroxylation is 1. The average molecular weight is 386 g/mol. The molecule has 0 aliphatic carbocycles. The maximum atomic E-state index is 13.1. The first-order valence-corrected chi connectivity index (χ1v) is 9.63. The van der Waals surface area contributed by atoms with Gasteiger partial charge in [0.1, 0.15) is 11.4 Å². The van der Waals surface area contributed by atoms with Gasteiger partial charge in [-0.1, -0.05) is 0 Å². The molecule has 2 aromatic rings. The molecule has 2 aliphatic heterocycles. The van der Waals surface area contributed by atoms with Crippen molar-refractivity contribution in [3.05, 3.63) is 30.0 Å². The highest BCUT2D eigenvalue weighted by atomic mass is 16.5. The Morgan fingerprint density at radius 1 is 0.929 bits per heavy atom. The van der Waals surface area contributed by atoms with Gasteiger partial charge in [0.15, 0.2) is 0 Å². The lowest BCUT2D eigenvalue weighted by Gasteiger charge is -2.38. The van der Waals surface area contributed by atoms with Gasteiger partial charge in [-0.3, -0.25) is 4.79 Å². The lowest BCUT2D eigenvalue weighted by Crippen LogP contribution is -2.55. The molecular formula is C20H26N4O4. The highest BCUT2D eigenvalue weighted by Crippen LogP contribution is 2.25. The van der Waals surface area contributed by atoms with Crippen molar-refractivity contribution in [2.45, 2.75) is 0 Å². The molecule has 3 amide bonds. The Hall–Kier alpha value is -2.74. The van der Waals surface area contributed by atoms with Crippen molar-refractivity contribution < 1.29 is 19.1 Å². The van der Waals surface area contributed by atoms with Crippen molar-refractivity contribution in [1.29, 1.82) is 0 Å². The number of piperazine rings is 1. The van der Waals surface area contributed by atoms with Gasteiger partial charge in [0, 0.05) is 57.2 Å². The summed E-state index contributed by atoms with van der Waals surface area (Å²) in [5.41, 5.74) is 1.64. The van der Waals surface area contributed by atoms with Gasteiger partial charge in [-0.2, -0.15) is 0 Å². The molecule has 0 unspecified atom stereocenters. The van der Waals surface area contributed by atoms with Crippen LogP contribution in [-0.2, 0) is 11.8 Å². The van der Waals surface area contributed by atoms with Crippen LogP contribution >= 0.6 is 0 Å². The molecule has 150 valence electrons. The van der Waals surface area contributed by atoms with Crippen LogP contribution in [-0.4, -0.2) is 90.8 Å². The summed E-state index contributed by atoms with van der Waals surface area (Å²) in [6.07, 6.45) is 0. The molecule has 0 radical (unpaired) electrons. The van der Waals surface area contributed by atoms with Crippen molar-refractivity contribution in [2.24, 2.45) is 7.05 Å². The fourth-order valence-corrected chi connectivity index (χ4v) is 3.88. The quantitative estimate of drug-likeness (QED) is 0.783. The first-order valence-electron chi connectivity index (χ1n) is 9.63. The zero-order valence-corrected chi connectivity index (χ0v) is 16.4. The first-order chi connectivity index (χ1) is 13.6. The molecule has 1 aromatic heterocycles.